The molecule has 0 aromatic heterocycles. The first-order chi connectivity index (χ1) is 7.27. The predicted octanol–water partition coefficient (Wildman–Crippen LogP) is -0.258. The average molecular weight is 213 g/mol. The molecule has 0 aromatic rings. The van der Waals surface area contributed by atoms with Gasteiger partial charge in [0.15, 0.2) is 0 Å². The molecule has 4 heteroatoms. The van der Waals surface area contributed by atoms with Gasteiger partial charge in [0, 0.05) is 39.3 Å². The molecule has 0 aliphatic carbocycles. The molecule has 0 amide bonds. The Labute approximate surface area is 92.4 Å². The molecule has 2 saturated heterocycles. The average Bonchev–Trinajstić information content (AvgIpc) is 2.31. The third-order valence-electron chi connectivity index (χ3n) is 3.86. The smallest absolute Gasteiger partial charge is 0.0662 e. The number of hydrogen-bond acceptors (Lipinski definition) is 4. The number of piperazine rings is 1. The molecule has 0 radical (unpaired) electrons. The topological polar surface area (TPSA) is 41.7 Å². The first kappa shape index (κ1) is 11.3. The molecule has 0 aromatic carbocycles. The highest BCUT2D eigenvalue weighted by molar-refractivity contribution is 4.95. The van der Waals surface area contributed by atoms with E-state index in [9.17, 15) is 0 Å². The van der Waals surface area contributed by atoms with Gasteiger partial charge in [0.1, 0.15) is 0 Å². The Morgan fingerprint density at radius 3 is 2.53 bits per heavy atom. The number of ether oxygens (including phenoxy) is 1. The lowest BCUT2D eigenvalue weighted by Gasteiger charge is -2.48. The van der Waals surface area contributed by atoms with Crippen molar-refractivity contribution in [2.24, 2.45) is 5.73 Å². The SMILES string of the molecule is CN1CCN(C2(CN)CCCOC2)CC1. The minimum absolute atomic E-state index is 0.138. The Morgan fingerprint density at radius 1 is 1.27 bits per heavy atom. The van der Waals surface area contributed by atoms with E-state index in [-0.39, 0.29) is 5.54 Å². The number of likely N-dealkylation sites (N-methyl/N-ethyl adjacent to an activating group) is 1. The van der Waals surface area contributed by atoms with Crippen molar-refractivity contribution in [3.8, 4) is 0 Å². The van der Waals surface area contributed by atoms with Crippen LogP contribution in [0.15, 0.2) is 0 Å². The normalized spacial score (nSPS) is 35.6. The zero-order valence-electron chi connectivity index (χ0n) is 9.74. The number of hydrogen-bond donors (Lipinski definition) is 1. The third-order valence-corrected chi connectivity index (χ3v) is 3.86. The molecule has 2 aliphatic heterocycles. The summed E-state index contributed by atoms with van der Waals surface area (Å²) in [5.41, 5.74) is 6.11. The molecule has 0 spiro atoms. The maximum absolute atomic E-state index is 5.97. The van der Waals surface area contributed by atoms with Gasteiger partial charge < -0.3 is 15.4 Å². The predicted molar refractivity (Wildman–Crippen MR) is 60.9 cm³/mol. The Bertz CT molecular complexity index is 196. The van der Waals surface area contributed by atoms with Gasteiger partial charge in [-0.2, -0.15) is 0 Å². The van der Waals surface area contributed by atoms with Crippen molar-refractivity contribution in [3.05, 3.63) is 0 Å². The van der Waals surface area contributed by atoms with Gasteiger partial charge >= 0.3 is 0 Å². The summed E-state index contributed by atoms with van der Waals surface area (Å²) >= 11 is 0. The van der Waals surface area contributed by atoms with Gasteiger partial charge in [0.2, 0.25) is 0 Å². The second-order valence-corrected chi connectivity index (χ2v) is 4.87. The van der Waals surface area contributed by atoms with Crippen LogP contribution in [-0.4, -0.2) is 68.3 Å². The van der Waals surface area contributed by atoms with Crippen LogP contribution < -0.4 is 5.73 Å². The fraction of sp³-hybridized carbons (Fsp3) is 1.00. The summed E-state index contributed by atoms with van der Waals surface area (Å²) in [7, 11) is 2.18. The first-order valence-electron chi connectivity index (χ1n) is 5.98. The zero-order chi connectivity index (χ0) is 10.7. The van der Waals surface area contributed by atoms with Crippen LogP contribution in [0.25, 0.3) is 0 Å². The van der Waals surface area contributed by atoms with Gasteiger partial charge in [0.05, 0.1) is 12.1 Å². The van der Waals surface area contributed by atoms with Gasteiger partial charge in [-0.1, -0.05) is 0 Å². The third kappa shape index (κ3) is 2.33. The summed E-state index contributed by atoms with van der Waals surface area (Å²) in [6, 6.07) is 0. The van der Waals surface area contributed by atoms with Crippen LogP contribution in [0.2, 0.25) is 0 Å². The molecule has 2 rings (SSSR count). The summed E-state index contributed by atoms with van der Waals surface area (Å²) in [6.07, 6.45) is 2.36. The van der Waals surface area contributed by atoms with E-state index in [0.29, 0.717) is 0 Å². The van der Waals surface area contributed by atoms with Gasteiger partial charge in [0.25, 0.3) is 0 Å². The largest absolute Gasteiger partial charge is 0.379 e. The van der Waals surface area contributed by atoms with Crippen LogP contribution in [0.3, 0.4) is 0 Å². The van der Waals surface area contributed by atoms with Crippen molar-refractivity contribution in [3.63, 3.8) is 0 Å². The lowest BCUT2D eigenvalue weighted by Crippen LogP contribution is -2.63. The standard InChI is InChI=1S/C11H23N3O/c1-13-4-6-14(7-5-13)11(9-12)3-2-8-15-10-11/h2-10,12H2,1H3. The maximum atomic E-state index is 5.97. The molecular formula is C11H23N3O. The quantitative estimate of drug-likeness (QED) is 0.686. The van der Waals surface area contributed by atoms with E-state index in [4.69, 9.17) is 10.5 Å². The zero-order valence-corrected chi connectivity index (χ0v) is 9.74. The van der Waals surface area contributed by atoms with Crippen molar-refractivity contribution >= 4 is 0 Å². The van der Waals surface area contributed by atoms with E-state index >= 15 is 0 Å². The fourth-order valence-electron chi connectivity index (χ4n) is 2.66. The molecule has 2 N–H and O–H groups in total. The highest BCUT2D eigenvalue weighted by Gasteiger charge is 2.38. The monoisotopic (exact) mass is 213 g/mol. The minimum Gasteiger partial charge on any atom is -0.379 e. The van der Waals surface area contributed by atoms with Gasteiger partial charge in [-0.3, -0.25) is 4.90 Å². The van der Waals surface area contributed by atoms with Crippen molar-refractivity contribution in [1.29, 1.82) is 0 Å². The van der Waals surface area contributed by atoms with Gasteiger partial charge in [-0.25, -0.2) is 0 Å². The van der Waals surface area contributed by atoms with Crippen molar-refractivity contribution in [1.82, 2.24) is 9.80 Å². The fourth-order valence-corrected chi connectivity index (χ4v) is 2.66. The van der Waals surface area contributed by atoms with Crippen LogP contribution in [-0.2, 0) is 4.74 Å². The minimum atomic E-state index is 0.138. The van der Waals surface area contributed by atoms with E-state index in [2.05, 4.69) is 16.8 Å². The summed E-state index contributed by atoms with van der Waals surface area (Å²) in [5, 5.41) is 0. The van der Waals surface area contributed by atoms with E-state index in [1.54, 1.807) is 0 Å². The first-order valence-corrected chi connectivity index (χ1v) is 5.98. The summed E-state index contributed by atoms with van der Waals surface area (Å²) in [6.45, 7) is 7.05. The molecular weight excluding hydrogens is 190 g/mol. The Morgan fingerprint density at radius 2 is 2.00 bits per heavy atom. The maximum Gasteiger partial charge on any atom is 0.0662 e. The molecule has 4 nitrogen and oxygen atoms in total. The second kappa shape index (κ2) is 4.78. The molecule has 88 valence electrons. The van der Waals surface area contributed by atoms with E-state index in [1.807, 2.05) is 0 Å². The molecule has 0 bridgehead atoms. The molecule has 2 fully saturated rings. The van der Waals surface area contributed by atoms with Crippen LogP contribution in [0.4, 0.5) is 0 Å². The lowest BCUT2D eigenvalue weighted by atomic mass is 9.89. The molecule has 2 aliphatic rings. The number of rotatable bonds is 2. The van der Waals surface area contributed by atoms with Crippen LogP contribution >= 0.6 is 0 Å². The molecule has 1 unspecified atom stereocenters. The highest BCUT2D eigenvalue weighted by Crippen LogP contribution is 2.26. The van der Waals surface area contributed by atoms with Crippen LogP contribution in [0, 0.1) is 0 Å². The second-order valence-electron chi connectivity index (χ2n) is 4.87. The van der Waals surface area contributed by atoms with Gasteiger partial charge in [-0.05, 0) is 19.9 Å². The van der Waals surface area contributed by atoms with E-state index in [0.717, 1.165) is 52.4 Å². The Kier molecular flexibility index (Phi) is 3.61. The highest BCUT2D eigenvalue weighted by atomic mass is 16.5. The van der Waals surface area contributed by atoms with Crippen molar-refractivity contribution in [2.45, 2.75) is 18.4 Å². The van der Waals surface area contributed by atoms with Gasteiger partial charge in [-0.15, -0.1) is 0 Å². The molecule has 2 heterocycles. The Balaban J connectivity index is 1.98. The number of nitrogens with zero attached hydrogens (tertiary/aromatic N) is 2. The van der Waals surface area contributed by atoms with E-state index in [1.165, 1.54) is 6.42 Å². The molecule has 15 heavy (non-hydrogen) atoms. The Hall–Kier alpha value is -0.160. The summed E-state index contributed by atoms with van der Waals surface area (Å²) in [4.78, 5) is 4.93. The van der Waals surface area contributed by atoms with Crippen molar-refractivity contribution < 1.29 is 4.74 Å². The molecule has 1 atom stereocenters. The number of nitrogens with two attached hydrogens (primary N) is 1. The van der Waals surface area contributed by atoms with Crippen LogP contribution in [0.1, 0.15) is 12.8 Å². The summed E-state index contributed by atoms with van der Waals surface area (Å²) in [5.74, 6) is 0. The van der Waals surface area contributed by atoms with Crippen molar-refractivity contribution in [2.75, 3.05) is 53.0 Å². The lowest BCUT2D eigenvalue weighted by molar-refractivity contribution is -0.0588. The molecule has 0 saturated carbocycles. The summed E-state index contributed by atoms with van der Waals surface area (Å²) < 4.78 is 5.62. The van der Waals surface area contributed by atoms with Crippen LogP contribution in [0.5, 0.6) is 0 Å². The van der Waals surface area contributed by atoms with E-state index < -0.39 is 0 Å².